The molecule has 1 aromatic carbocycles. The van der Waals surface area contributed by atoms with Crippen LogP contribution in [0.1, 0.15) is 10.4 Å². The lowest BCUT2D eigenvalue weighted by molar-refractivity contribution is 0.0631. The van der Waals surface area contributed by atoms with Gasteiger partial charge in [-0.25, -0.2) is 0 Å². The van der Waals surface area contributed by atoms with Crippen LogP contribution in [0.15, 0.2) is 18.2 Å². The fourth-order valence-electron chi connectivity index (χ4n) is 2.77. The Bertz CT molecular complexity index is 513. The van der Waals surface area contributed by atoms with Crippen LogP contribution in [0.25, 0.3) is 0 Å². The molecule has 6 heteroatoms. The molecule has 2 N–H and O–H groups in total. The number of amides is 1. The van der Waals surface area contributed by atoms with E-state index in [4.69, 9.17) is 15.2 Å². The van der Waals surface area contributed by atoms with E-state index in [9.17, 15) is 4.79 Å². The number of rotatable bonds is 3. The van der Waals surface area contributed by atoms with E-state index in [2.05, 4.69) is 4.90 Å². The van der Waals surface area contributed by atoms with Gasteiger partial charge in [0.1, 0.15) is 13.2 Å². The number of carbonyl (C=O) groups excluding carboxylic acids is 1. The van der Waals surface area contributed by atoms with Crippen LogP contribution in [0, 0.1) is 0 Å². The van der Waals surface area contributed by atoms with Crippen molar-refractivity contribution in [2.45, 2.75) is 0 Å². The molecule has 2 heterocycles. The Morgan fingerprint density at radius 2 is 1.90 bits per heavy atom. The van der Waals surface area contributed by atoms with Gasteiger partial charge in [-0.05, 0) is 12.1 Å². The van der Waals surface area contributed by atoms with E-state index in [-0.39, 0.29) is 5.91 Å². The minimum absolute atomic E-state index is 0.0183. The maximum atomic E-state index is 12.7. The molecule has 21 heavy (non-hydrogen) atoms. The molecule has 1 amide bonds. The first kappa shape index (κ1) is 14.2. The summed E-state index contributed by atoms with van der Waals surface area (Å²) in [5.74, 6) is 1.26. The number of piperazine rings is 1. The van der Waals surface area contributed by atoms with Crippen molar-refractivity contribution in [2.75, 3.05) is 52.5 Å². The van der Waals surface area contributed by atoms with Crippen molar-refractivity contribution in [1.29, 1.82) is 0 Å². The average Bonchev–Trinajstić information content (AvgIpc) is 2.55. The molecule has 1 aromatic rings. The van der Waals surface area contributed by atoms with E-state index in [1.807, 2.05) is 23.1 Å². The maximum Gasteiger partial charge on any atom is 0.257 e. The summed E-state index contributed by atoms with van der Waals surface area (Å²) in [5.41, 5.74) is 6.17. The van der Waals surface area contributed by atoms with Gasteiger partial charge >= 0.3 is 0 Å². The van der Waals surface area contributed by atoms with Crippen molar-refractivity contribution in [3.8, 4) is 11.5 Å². The molecule has 0 atom stereocenters. The molecular formula is C15H21N3O3. The van der Waals surface area contributed by atoms with Gasteiger partial charge in [-0.1, -0.05) is 6.07 Å². The first-order valence-electron chi connectivity index (χ1n) is 7.40. The number of benzene rings is 1. The highest BCUT2D eigenvalue weighted by atomic mass is 16.6. The zero-order chi connectivity index (χ0) is 14.7. The minimum atomic E-state index is 0.0183. The summed E-state index contributed by atoms with van der Waals surface area (Å²) < 4.78 is 11.2. The molecule has 1 saturated heterocycles. The number of hydrogen-bond donors (Lipinski definition) is 1. The quantitative estimate of drug-likeness (QED) is 0.860. The predicted molar refractivity (Wildman–Crippen MR) is 78.8 cm³/mol. The number of ether oxygens (including phenoxy) is 2. The van der Waals surface area contributed by atoms with Crippen molar-refractivity contribution < 1.29 is 14.3 Å². The summed E-state index contributed by atoms with van der Waals surface area (Å²) in [7, 11) is 0. The third-order valence-electron chi connectivity index (χ3n) is 3.90. The van der Waals surface area contributed by atoms with Gasteiger partial charge in [0.2, 0.25) is 0 Å². The lowest BCUT2D eigenvalue weighted by Crippen LogP contribution is -2.49. The van der Waals surface area contributed by atoms with Crippen molar-refractivity contribution in [3.05, 3.63) is 23.8 Å². The van der Waals surface area contributed by atoms with Gasteiger partial charge in [0.25, 0.3) is 5.91 Å². The van der Waals surface area contributed by atoms with Crippen LogP contribution in [0.5, 0.6) is 11.5 Å². The van der Waals surface area contributed by atoms with Gasteiger partial charge in [0.15, 0.2) is 11.5 Å². The predicted octanol–water partition coefficient (Wildman–Crippen LogP) is 0.174. The van der Waals surface area contributed by atoms with E-state index in [0.29, 0.717) is 36.8 Å². The van der Waals surface area contributed by atoms with Crippen LogP contribution in [-0.2, 0) is 0 Å². The highest BCUT2D eigenvalue weighted by molar-refractivity contribution is 5.98. The van der Waals surface area contributed by atoms with Gasteiger partial charge in [0, 0.05) is 39.3 Å². The normalized spacial score (nSPS) is 18.6. The molecule has 114 valence electrons. The SMILES string of the molecule is NCCN1CCN(C(=O)c2cccc3c2OCCO3)CC1. The molecule has 3 rings (SSSR count). The fourth-order valence-corrected chi connectivity index (χ4v) is 2.77. The zero-order valence-corrected chi connectivity index (χ0v) is 12.1. The minimum Gasteiger partial charge on any atom is -0.486 e. The Morgan fingerprint density at radius 3 is 2.67 bits per heavy atom. The molecule has 6 nitrogen and oxygen atoms in total. The second-order valence-electron chi connectivity index (χ2n) is 5.25. The molecule has 0 aromatic heterocycles. The van der Waals surface area contributed by atoms with Gasteiger partial charge in [0.05, 0.1) is 5.56 Å². The number of hydrogen-bond acceptors (Lipinski definition) is 5. The Balaban J connectivity index is 1.72. The summed E-state index contributed by atoms with van der Waals surface area (Å²) in [4.78, 5) is 16.8. The van der Waals surface area contributed by atoms with Crippen molar-refractivity contribution in [2.24, 2.45) is 5.73 Å². The molecule has 0 radical (unpaired) electrons. The van der Waals surface area contributed by atoms with Crippen LogP contribution in [0.2, 0.25) is 0 Å². The van der Waals surface area contributed by atoms with Gasteiger partial charge in [-0.3, -0.25) is 9.69 Å². The lowest BCUT2D eigenvalue weighted by atomic mass is 10.1. The fraction of sp³-hybridized carbons (Fsp3) is 0.533. The lowest BCUT2D eigenvalue weighted by Gasteiger charge is -2.35. The van der Waals surface area contributed by atoms with Crippen molar-refractivity contribution in [3.63, 3.8) is 0 Å². The molecule has 1 fully saturated rings. The van der Waals surface area contributed by atoms with Crippen LogP contribution >= 0.6 is 0 Å². The van der Waals surface area contributed by atoms with Crippen LogP contribution in [-0.4, -0.2) is 68.2 Å². The Morgan fingerprint density at radius 1 is 1.14 bits per heavy atom. The monoisotopic (exact) mass is 291 g/mol. The highest BCUT2D eigenvalue weighted by Gasteiger charge is 2.26. The van der Waals surface area contributed by atoms with E-state index < -0.39 is 0 Å². The van der Waals surface area contributed by atoms with E-state index in [0.717, 1.165) is 32.7 Å². The molecule has 0 spiro atoms. The Labute approximate surface area is 124 Å². The second kappa shape index (κ2) is 6.32. The van der Waals surface area contributed by atoms with Crippen LogP contribution in [0.4, 0.5) is 0 Å². The average molecular weight is 291 g/mol. The summed E-state index contributed by atoms with van der Waals surface area (Å²) in [6, 6.07) is 5.48. The summed E-state index contributed by atoms with van der Waals surface area (Å²) >= 11 is 0. The molecule has 0 aliphatic carbocycles. The molecule has 2 aliphatic rings. The Kier molecular flexibility index (Phi) is 4.26. The third kappa shape index (κ3) is 2.96. The largest absolute Gasteiger partial charge is 0.486 e. The number of nitrogens with two attached hydrogens (primary N) is 1. The van der Waals surface area contributed by atoms with Gasteiger partial charge in [-0.2, -0.15) is 0 Å². The van der Waals surface area contributed by atoms with E-state index in [1.54, 1.807) is 0 Å². The third-order valence-corrected chi connectivity index (χ3v) is 3.90. The number of fused-ring (bicyclic) bond motifs is 1. The van der Waals surface area contributed by atoms with Crippen molar-refractivity contribution in [1.82, 2.24) is 9.80 Å². The summed E-state index contributed by atoms with van der Waals surface area (Å²) in [6.45, 7) is 5.76. The second-order valence-corrected chi connectivity index (χ2v) is 5.25. The molecule has 0 saturated carbocycles. The summed E-state index contributed by atoms with van der Waals surface area (Å²) in [6.07, 6.45) is 0. The smallest absolute Gasteiger partial charge is 0.257 e. The first-order valence-corrected chi connectivity index (χ1v) is 7.40. The molecule has 2 aliphatic heterocycles. The molecular weight excluding hydrogens is 270 g/mol. The van der Waals surface area contributed by atoms with Crippen LogP contribution in [0.3, 0.4) is 0 Å². The standard InChI is InChI=1S/C15H21N3O3/c16-4-5-17-6-8-18(9-7-17)15(19)12-2-1-3-13-14(12)21-11-10-20-13/h1-3H,4-11,16H2. The highest BCUT2D eigenvalue weighted by Crippen LogP contribution is 2.34. The maximum absolute atomic E-state index is 12.7. The number of nitrogens with zero attached hydrogens (tertiary/aromatic N) is 2. The summed E-state index contributed by atoms with van der Waals surface area (Å²) in [5, 5.41) is 0. The first-order chi connectivity index (χ1) is 10.3. The molecule has 0 unspecified atom stereocenters. The zero-order valence-electron chi connectivity index (χ0n) is 12.1. The van der Waals surface area contributed by atoms with Crippen molar-refractivity contribution >= 4 is 5.91 Å². The molecule has 0 bridgehead atoms. The topological polar surface area (TPSA) is 68.0 Å². The Hall–Kier alpha value is -1.79. The van der Waals surface area contributed by atoms with Gasteiger partial charge in [-0.15, -0.1) is 0 Å². The number of para-hydroxylation sites is 1. The van der Waals surface area contributed by atoms with Crippen LogP contribution < -0.4 is 15.2 Å². The van der Waals surface area contributed by atoms with E-state index >= 15 is 0 Å². The number of carbonyl (C=O) groups is 1. The van der Waals surface area contributed by atoms with Gasteiger partial charge < -0.3 is 20.1 Å². The van der Waals surface area contributed by atoms with E-state index in [1.165, 1.54) is 0 Å².